The van der Waals surface area contributed by atoms with Crippen molar-refractivity contribution in [1.82, 2.24) is 19.4 Å². The molecule has 9 nitrogen and oxygen atoms in total. The van der Waals surface area contributed by atoms with Gasteiger partial charge in [0.2, 0.25) is 11.0 Å². The maximum atomic E-state index is 12.7. The third-order valence-electron chi connectivity index (χ3n) is 5.18. The molecule has 2 aliphatic rings. The molecule has 0 saturated carbocycles. The van der Waals surface area contributed by atoms with Crippen molar-refractivity contribution in [3.63, 3.8) is 0 Å². The molecule has 2 amide bonds. The van der Waals surface area contributed by atoms with Crippen LogP contribution in [0.1, 0.15) is 43.7 Å². The van der Waals surface area contributed by atoms with Gasteiger partial charge in [0.05, 0.1) is 6.54 Å². The summed E-state index contributed by atoms with van der Waals surface area (Å²) in [5.74, 6) is -0.318. The average molecular weight is 427 g/mol. The Hall–Kier alpha value is -1.91. The van der Waals surface area contributed by atoms with E-state index in [1.807, 2.05) is 18.7 Å². The molecule has 3 heterocycles. The van der Waals surface area contributed by atoms with Gasteiger partial charge < -0.3 is 14.6 Å². The monoisotopic (exact) mass is 426 g/mol. The molecule has 1 aromatic rings. The second kappa shape index (κ2) is 9.27. The van der Waals surface area contributed by atoms with Gasteiger partial charge in [0.15, 0.2) is 5.76 Å². The fraction of sp³-hybridized carbons (Fsp3) is 0.684. The number of hydrogen-bond acceptors (Lipinski definition) is 6. The minimum absolute atomic E-state index is 0.0293. The smallest absolute Gasteiger partial charge is 0.289 e. The van der Waals surface area contributed by atoms with E-state index >= 15 is 0 Å². The second-order valence-corrected chi connectivity index (χ2v) is 9.74. The van der Waals surface area contributed by atoms with Crippen molar-refractivity contribution in [3.05, 3.63) is 17.9 Å². The SMILES string of the molecule is CC(C)NC(=O)CN1CCN(C(=O)c2ccc(S(=O)(=O)N3CCCCC3)o2)CC1. The summed E-state index contributed by atoms with van der Waals surface area (Å²) in [4.78, 5) is 28.2. The highest BCUT2D eigenvalue weighted by Crippen LogP contribution is 2.23. The molecule has 0 atom stereocenters. The first-order valence-electron chi connectivity index (χ1n) is 10.2. The molecule has 1 aromatic heterocycles. The number of furan rings is 1. The number of hydrogen-bond donors (Lipinski definition) is 1. The third-order valence-corrected chi connectivity index (χ3v) is 6.95. The third kappa shape index (κ3) is 5.37. The molecule has 29 heavy (non-hydrogen) atoms. The van der Waals surface area contributed by atoms with Gasteiger partial charge in [-0.25, -0.2) is 8.42 Å². The number of carbonyl (C=O) groups is 2. The zero-order valence-corrected chi connectivity index (χ0v) is 17.9. The average Bonchev–Trinajstić information content (AvgIpc) is 3.19. The highest BCUT2D eigenvalue weighted by atomic mass is 32.2. The molecule has 0 spiro atoms. The lowest BCUT2D eigenvalue weighted by Gasteiger charge is -2.34. The number of sulfonamides is 1. The fourth-order valence-electron chi connectivity index (χ4n) is 3.64. The van der Waals surface area contributed by atoms with Crippen LogP contribution in [0.15, 0.2) is 21.6 Å². The molecule has 2 saturated heterocycles. The number of piperazine rings is 1. The largest absolute Gasteiger partial charge is 0.438 e. The summed E-state index contributed by atoms with van der Waals surface area (Å²) < 4.78 is 32.2. The standard InChI is InChI=1S/C19H30N4O5S/c1-15(2)20-17(24)14-21-10-12-22(13-11-21)19(25)16-6-7-18(28-16)29(26,27)23-8-4-3-5-9-23/h6-7,15H,3-5,8-14H2,1-2H3,(H,20,24). The number of piperidine rings is 1. The lowest BCUT2D eigenvalue weighted by molar-refractivity contribution is -0.123. The van der Waals surface area contributed by atoms with Crippen LogP contribution in [0.5, 0.6) is 0 Å². The van der Waals surface area contributed by atoms with Gasteiger partial charge in [0, 0.05) is 45.3 Å². The zero-order chi connectivity index (χ0) is 21.0. The van der Waals surface area contributed by atoms with E-state index in [1.165, 1.54) is 16.4 Å². The molecular weight excluding hydrogens is 396 g/mol. The summed E-state index contributed by atoms with van der Waals surface area (Å²) in [6, 6.07) is 2.89. The zero-order valence-electron chi connectivity index (χ0n) is 17.1. The van der Waals surface area contributed by atoms with Gasteiger partial charge in [-0.15, -0.1) is 0 Å². The van der Waals surface area contributed by atoms with E-state index in [2.05, 4.69) is 5.32 Å². The van der Waals surface area contributed by atoms with Crippen LogP contribution in [-0.4, -0.2) is 86.2 Å². The topological polar surface area (TPSA) is 103 Å². The Morgan fingerprint density at radius 1 is 1.03 bits per heavy atom. The van der Waals surface area contributed by atoms with Crippen LogP contribution >= 0.6 is 0 Å². The van der Waals surface area contributed by atoms with Gasteiger partial charge in [-0.3, -0.25) is 14.5 Å². The van der Waals surface area contributed by atoms with Crippen LogP contribution in [0.4, 0.5) is 0 Å². The van der Waals surface area contributed by atoms with Gasteiger partial charge in [0.25, 0.3) is 15.9 Å². The summed E-state index contributed by atoms with van der Waals surface area (Å²) in [5, 5.41) is 2.68. The van der Waals surface area contributed by atoms with Crippen LogP contribution in [0.25, 0.3) is 0 Å². The first kappa shape index (κ1) is 21.8. The van der Waals surface area contributed by atoms with E-state index < -0.39 is 10.0 Å². The summed E-state index contributed by atoms with van der Waals surface area (Å²) in [7, 11) is -3.69. The normalized spacial score (nSPS) is 19.5. The summed E-state index contributed by atoms with van der Waals surface area (Å²) >= 11 is 0. The maximum Gasteiger partial charge on any atom is 0.289 e. The van der Waals surface area contributed by atoms with Crippen molar-refractivity contribution in [2.75, 3.05) is 45.8 Å². The molecule has 0 unspecified atom stereocenters. The second-order valence-electron chi connectivity index (χ2n) is 7.87. The predicted molar refractivity (Wildman–Crippen MR) is 107 cm³/mol. The fourth-order valence-corrected chi connectivity index (χ4v) is 5.07. The van der Waals surface area contributed by atoms with Crippen LogP contribution < -0.4 is 5.32 Å². The molecule has 0 aromatic carbocycles. The quantitative estimate of drug-likeness (QED) is 0.720. The highest BCUT2D eigenvalue weighted by molar-refractivity contribution is 7.89. The number of carbonyl (C=O) groups excluding carboxylic acids is 2. The summed E-state index contributed by atoms with van der Waals surface area (Å²) in [6.45, 7) is 7.19. The summed E-state index contributed by atoms with van der Waals surface area (Å²) in [5.41, 5.74) is 0. The number of amides is 2. The number of rotatable bonds is 6. The number of nitrogens with zero attached hydrogens (tertiary/aromatic N) is 3. The van der Waals surface area contributed by atoms with Crippen LogP contribution in [0, 0.1) is 0 Å². The van der Waals surface area contributed by atoms with Gasteiger partial charge in [-0.2, -0.15) is 4.31 Å². The Morgan fingerprint density at radius 2 is 1.69 bits per heavy atom. The molecule has 10 heteroatoms. The minimum atomic E-state index is -3.69. The van der Waals surface area contributed by atoms with E-state index in [0.717, 1.165) is 19.3 Å². The van der Waals surface area contributed by atoms with E-state index in [4.69, 9.17) is 4.42 Å². The van der Waals surface area contributed by atoms with Gasteiger partial charge in [0.1, 0.15) is 0 Å². The highest BCUT2D eigenvalue weighted by Gasteiger charge is 2.31. The first-order valence-corrected chi connectivity index (χ1v) is 11.6. The van der Waals surface area contributed by atoms with E-state index in [-0.39, 0.29) is 28.7 Å². The van der Waals surface area contributed by atoms with Crippen molar-refractivity contribution >= 4 is 21.8 Å². The Labute approximate surface area is 172 Å². The van der Waals surface area contributed by atoms with E-state index in [1.54, 1.807) is 4.90 Å². The molecule has 1 N–H and O–H groups in total. The lowest BCUT2D eigenvalue weighted by atomic mass is 10.2. The molecule has 3 rings (SSSR count). The van der Waals surface area contributed by atoms with Crippen LogP contribution in [-0.2, 0) is 14.8 Å². The van der Waals surface area contributed by atoms with Crippen molar-refractivity contribution < 1.29 is 22.4 Å². The first-order chi connectivity index (χ1) is 13.8. The van der Waals surface area contributed by atoms with Gasteiger partial charge in [-0.1, -0.05) is 6.42 Å². The minimum Gasteiger partial charge on any atom is -0.438 e. The van der Waals surface area contributed by atoms with Crippen LogP contribution in [0.2, 0.25) is 0 Å². The molecule has 0 bridgehead atoms. The molecule has 162 valence electrons. The Balaban J connectivity index is 1.56. The van der Waals surface area contributed by atoms with Crippen molar-refractivity contribution in [2.45, 2.75) is 44.2 Å². The van der Waals surface area contributed by atoms with Crippen LogP contribution in [0.3, 0.4) is 0 Å². The van der Waals surface area contributed by atoms with Gasteiger partial charge in [-0.05, 0) is 38.8 Å². The molecular formula is C19H30N4O5S. The van der Waals surface area contributed by atoms with E-state index in [9.17, 15) is 18.0 Å². The molecule has 0 radical (unpaired) electrons. The van der Waals surface area contributed by atoms with E-state index in [0.29, 0.717) is 45.8 Å². The Kier molecular flexibility index (Phi) is 6.97. The Morgan fingerprint density at radius 3 is 2.31 bits per heavy atom. The Bertz CT molecular complexity index is 821. The molecule has 0 aliphatic carbocycles. The predicted octanol–water partition coefficient (Wildman–Crippen LogP) is 0.737. The molecule has 2 fully saturated rings. The van der Waals surface area contributed by atoms with Crippen molar-refractivity contribution in [3.8, 4) is 0 Å². The summed E-state index contributed by atoms with van der Waals surface area (Å²) in [6.07, 6.45) is 2.70. The van der Waals surface area contributed by atoms with Crippen molar-refractivity contribution in [2.24, 2.45) is 0 Å². The number of nitrogens with one attached hydrogen (secondary N) is 1. The maximum absolute atomic E-state index is 12.7. The van der Waals surface area contributed by atoms with Gasteiger partial charge >= 0.3 is 0 Å². The lowest BCUT2D eigenvalue weighted by Crippen LogP contribution is -2.51. The molecule has 2 aliphatic heterocycles. The van der Waals surface area contributed by atoms with Crippen molar-refractivity contribution in [1.29, 1.82) is 0 Å².